The van der Waals surface area contributed by atoms with Crippen LogP contribution >= 0.6 is 0 Å². The van der Waals surface area contributed by atoms with E-state index in [0.29, 0.717) is 23.5 Å². The minimum atomic E-state index is -0.109. The van der Waals surface area contributed by atoms with Gasteiger partial charge >= 0.3 is 0 Å². The minimum absolute atomic E-state index is 0.109. The maximum atomic E-state index is 12.7. The van der Waals surface area contributed by atoms with Gasteiger partial charge in [-0.3, -0.25) is 4.79 Å². The zero-order chi connectivity index (χ0) is 19.7. The van der Waals surface area contributed by atoms with E-state index in [1.807, 2.05) is 6.92 Å². The van der Waals surface area contributed by atoms with Crippen LogP contribution in [0.5, 0.6) is 5.88 Å². The van der Waals surface area contributed by atoms with Gasteiger partial charge in [0.2, 0.25) is 5.88 Å². The van der Waals surface area contributed by atoms with Gasteiger partial charge in [0.15, 0.2) is 5.65 Å². The molecule has 6 nitrogen and oxygen atoms in total. The fraction of sp³-hybridized carbons (Fsp3) is 0.409. The number of aromatic nitrogens is 3. The summed E-state index contributed by atoms with van der Waals surface area (Å²) in [6.45, 7) is 4.03. The van der Waals surface area contributed by atoms with Crippen LogP contribution in [0.25, 0.3) is 5.65 Å². The van der Waals surface area contributed by atoms with Crippen molar-refractivity contribution in [3.05, 3.63) is 58.4 Å². The monoisotopic (exact) mass is 378 g/mol. The summed E-state index contributed by atoms with van der Waals surface area (Å²) in [7, 11) is 1.63. The summed E-state index contributed by atoms with van der Waals surface area (Å²) in [5, 5.41) is 7.53. The molecule has 0 radical (unpaired) electrons. The Bertz CT molecular complexity index is 1000. The van der Waals surface area contributed by atoms with Crippen LogP contribution in [0.2, 0.25) is 0 Å². The molecule has 1 fully saturated rings. The van der Waals surface area contributed by atoms with E-state index in [2.05, 4.69) is 41.6 Å². The van der Waals surface area contributed by atoms with Crippen LogP contribution in [0.3, 0.4) is 0 Å². The second-order valence-electron chi connectivity index (χ2n) is 7.60. The Kier molecular flexibility index (Phi) is 5.03. The fourth-order valence-corrected chi connectivity index (χ4v) is 3.92. The van der Waals surface area contributed by atoms with Gasteiger partial charge in [-0.15, -0.1) is 0 Å². The lowest BCUT2D eigenvalue weighted by molar-refractivity contribution is 0.0939. The van der Waals surface area contributed by atoms with Gasteiger partial charge in [0.25, 0.3) is 5.91 Å². The van der Waals surface area contributed by atoms with E-state index in [4.69, 9.17) is 9.72 Å². The number of fused-ring (bicyclic) bond motifs is 1. The average Bonchev–Trinajstić information content (AvgIpc) is 3.33. The Labute approximate surface area is 164 Å². The first kappa shape index (κ1) is 18.5. The average molecular weight is 378 g/mol. The van der Waals surface area contributed by atoms with Crippen LogP contribution < -0.4 is 10.1 Å². The Balaban J connectivity index is 1.70. The van der Waals surface area contributed by atoms with Crippen molar-refractivity contribution in [3.63, 3.8) is 0 Å². The third-order valence-corrected chi connectivity index (χ3v) is 5.53. The summed E-state index contributed by atoms with van der Waals surface area (Å²) < 4.78 is 7.33. The number of nitrogens with one attached hydrogen (secondary N) is 1. The molecule has 1 aliphatic carbocycles. The lowest BCUT2D eigenvalue weighted by Crippen LogP contribution is -2.32. The van der Waals surface area contributed by atoms with Crippen molar-refractivity contribution in [1.29, 1.82) is 0 Å². The summed E-state index contributed by atoms with van der Waals surface area (Å²) >= 11 is 0. The molecule has 0 spiro atoms. The highest BCUT2D eigenvalue weighted by molar-refractivity contribution is 6.00. The maximum absolute atomic E-state index is 12.7. The van der Waals surface area contributed by atoms with Crippen molar-refractivity contribution in [1.82, 2.24) is 19.9 Å². The summed E-state index contributed by atoms with van der Waals surface area (Å²) in [6.07, 6.45) is 6.72. The molecule has 4 rings (SSSR count). The number of methoxy groups -OCH3 is 1. The lowest BCUT2D eigenvalue weighted by Gasteiger charge is -2.14. The summed E-state index contributed by atoms with van der Waals surface area (Å²) in [5.41, 5.74) is 5.27. The highest BCUT2D eigenvalue weighted by atomic mass is 16.5. The Morgan fingerprint density at radius 2 is 1.93 bits per heavy atom. The topological polar surface area (TPSA) is 68.5 Å². The quantitative estimate of drug-likeness (QED) is 0.736. The first-order valence-corrected chi connectivity index (χ1v) is 9.84. The first-order chi connectivity index (χ1) is 13.6. The second kappa shape index (κ2) is 7.62. The predicted octanol–water partition coefficient (Wildman–Crippen LogP) is 3.62. The van der Waals surface area contributed by atoms with E-state index < -0.39 is 0 Å². The molecule has 2 aromatic heterocycles. The predicted molar refractivity (Wildman–Crippen MR) is 108 cm³/mol. The zero-order valence-corrected chi connectivity index (χ0v) is 16.7. The van der Waals surface area contributed by atoms with Gasteiger partial charge in [0.05, 0.1) is 13.3 Å². The van der Waals surface area contributed by atoms with Crippen molar-refractivity contribution < 1.29 is 9.53 Å². The lowest BCUT2D eigenvalue weighted by atomic mass is 10.0. The number of aryl methyl sites for hydroxylation is 2. The zero-order valence-electron chi connectivity index (χ0n) is 16.7. The molecular weight excluding hydrogens is 352 g/mol. The number of hydrogen-bond acceptors (Lipinski definition) is 4. The molecule has 28 heavy (non-hydrogen) atoms. The molecular formula is C22H26N4O2. The third-order valence-electron chi connectivity index (χ3n) is 5.53. The molecule has 0 unspecified atom stereocenters. The molecule has 1 N–H and O–H groups in total. The van der Waals surface area contributed by atoms with Gasteiger partial charge in [-0.25, -0.2) is 4.98 Å². The van der Waals surface area contributed by atoms with E-state index in [0.717, 1.165) is 24.1 Å². The van der Waals surface area contributed by atoms with Gasteiger partial charge < -0.3 is 10.1 Å². The number of hydrogen-bond donors (Lipinski definition) is 1. The number of benzene rings is 1. The Morgan fingerprint density at radius 1 is 1.21 bits per heavy atom. The largest absolute Gasteiger partial charge is 0.481 e. The van der Waals surface area contributed by atoms with Crippen molar-refractivity contribution in [3.8, 4) is 5.88 Å². The normalized spacial score (nSPS) is 14.5. The number of nitrogens with zero attached hydrogens (tertiary/aromatic N) is 3. The van der Waals surface area contributed by atoms with Crippen LogP contribution in [0.15, 0.2) is 30.5 Å². The van der Waals surface area contributed by atoms with E-state index in [1.54, 1.807) is 17.8 Å². The second-order valence-corrected chi connectivity index (χ2v) is 7.60. The molecule has 6 heteroatoms. The Morgan fingerprint density at radius 3 is 2.61 bits per heavy atom. The fourth-order valence-electron chi connectivity index (χ4n) is 3.92. The summed E-state index contributed by atoms with van der Waals surface area (Å²) in [4.78, 5) is 17.5. The molecule has 0 bridgehead atoms. The number of ether oxygens (including phenoxy) is 1. The standard InChI is InChI=1S/C22H26N4O2/c1-14-8-10-16(11-9-14)12-18-15(2)24-20-19(13-23-26(20)22(18)28-3)21(27)25-17-6-4-5-7-17/h8-11,13,17H,4-7,12H2,1-3H3,(H,25,27). The van der Waals surface area contributed by atoms with E-state index in [-0.39, 0.29) is 11.9 Å². The molecule has 1 aliphatic rings. The van der Waals surface area contributed by atoms with E-state index in [1.165, 1.54) is 24.0 Å². The molecule has 2 heterocycles. The molecule has 1 saturated carbocycles. The van der Waals surface area contributed by atoms with Crippen LogP contribution in [-0.4, -0.2) is 33.7 Å². The number of amides is 1. The molecule has 0 atom stereocenters. The third kappa shape index (κ3) is 3.46. The Hall–Kier alpha value is -2.89. The molecule has 3 aromatic rings. The van der Waals surface area contributed by atoms with Gasteiger partial charge in [0, 0.05) is 23.7 Å². The molecule has 1 aromatic carbocycles. The maximum Gasteiger partial charge on any atom is 0.256 e. The van der Waals surface area contributed by atoms with Crippen molar-refractivity contribution >= 4 is 11.6 Å². The van der Waals surface area contributed by atoms with Crippen LogP contribution in [-0.2, 0) is 6.42 Å². The molecule has 1 amide bonds. The number of carbonyl (C=O) groups is 1. The smallest absolute Gasteiger partial charge is 0.256 e. The number of rotatable bonds is 5. The van der Waals surface area contributed by atoms with Gasteiger partial charge in [0.1, 0.15) is 5.56 Å². The van der Waals surface area contributed by atoms with Gasteiger partial charge in [-0.05, 0) is 32.3 Å². The van der Waals surface area contributed by atoms with E-state index >= 15 is 0 Å². The molecule has 0 saturated heterocycles. The minimum Gasteiger partial charge on any atom is -0.481 e. The van der Waals surface area contributed by atoms with Gasteiger partial charge in [-0.2, -0.15) is 9.61 Å². The highest BCUT2D eigenvalue weighted by Crippen LogP contribution is 2.27. The van der Waals surface area contributed by atoms with Crippen molar-refractivity contribution in [2.75, 3.05) is 7.11 Å². The van der Waals surface area contributed by atoms with Crippen LogP contribution in [0.1, 0.15) is 58.4 Å². The molecule has 146 valence electrons. The van der Waals surface area contributed by atoms with Crippen molar-refractivity contribution in [2.45, 2.75) is 52.0 Å². The van der Waals surface area contributed by atoms with E-state index in [9.17, 15) is 4.79 Å². The first-order valence-electron chi connectivity index (χ1n) is 9.84. The van der Waals surface area contributed by atoms with Crippen LogP contribution in [0.4, 0.5) is 0 Å². The summed E-state index contributed by atoms with van der Waals surface area (Å²) in [5.74, 6) is 0.519. The van der Waals surface area contributed by atoms with Crippen LogP contribution in [0, 0.1) is 13.8 Å². The summed E-state index contributed by atoms with van der Waals surface area (Å²) in [6, 6.07) is 8.68. The van der Waals surface area contributed by atoms with Gasteiger partial charge in [-0.1, -0.05) is 42.7 Å². The molecule has 0 aliphatic heterocycles. The number of carbonyl (C=O) groups excluding carboxylic acids is 1. The SMILES string of the molecule is COc1c(Cc2ccc(C)cc2)c(C)nc2c(C(=O)NC3CCCC3)cnn12. The highest BCUT2D eigenvalue weighted by Gasteiger charge is 2.23. The van der Waals surface area contributed by atoms with Crippen molar-refractivity contribution in [2.24, 2.45) is 0 Å².